The highest BCUT2D eigenvalue weighted by Gasteiger charge is 2.34. The van der Waals surface area contributed by atoms with E-state index in [9.17, 15) is 18.0 Å². The summed E-state index contributed by atoms with van der Waals surface area (Å²) >= 11 is 0. The second-order valence-corrected chi connectivity index (χ2v) is 12.5. The number of nitrogens with one attached hydrogen (secondary N) is 1. The minimum absolute atomic E-state index is 0.0506. The van der Waals surface area contributed by atoms with Crippen LogP contribution in [0, 0.1) is 0 Å². The Hall–Kier alpha value is -4.63. The molecule has 9 heteroatoms. The van der Waals surface area contributed by atoms with Gasteiger partial charge in [-0.1, -0.05) is 78.9 Å². The average molecular weight is 614 g/mol. The predicted molar refractivity (Wildman–Crippen MR) is 173 cm³/mol. The number of hydrogen-bond donors (Lipinski definition) is 1. The molecule has 44 heavy (non-hydrogen) atoms. The van der Waals surface area contributed by atoms with E-state index < -0.39 is 28.5 Å². The lowest BCUT2D eigenvalue weighted by Gasteiger charge is -2.34. The molecule has 0 radical (unpaired) electrons. The maximum Gasteiger partial charge on any atom is 0.264 e. The maximum atomic E-state index is 14.4. The number of carbonyl (C=O) groups excluding carboxylic acids is 2. The summed E-state index contributed by atoms with van der Waals surface area (Å²) in [7, 11) is -4.16. The van der Waals surface area contributed by atoms with Gasteiger partial charge in [0.25, 0.3) is 10.0 Å². The second kappa shape index (κ2) is 15.2. The standard InChI is InChI=1S/C35H39N3O5S/c1-4-43-31-22-20-30(21-23-31)38(44(41,42)32-18-12-7-13-19-32)26-34(39)37(25-29-16-10-6-11-17-29)33(35(40)36-27(2)3)24-28-14-8-5-9-15-28/h5-23,27,33H,4,24-26H2,1-3H3,(H,36,40). The van der Waals surface area contributed by atoms with Crippen molar-refractivity contribution < 1.29 is 22.7 Å². The zero-order valence-corrected chi connectivity index (χ0v) is 26.1. The molecule has 4 aromatic rings. The van der Waals surface area contributed by atoms with E-state index in [0.29, 0.717) is 18.0 Å². The van der Waals surface area contributed by atoms with Crippen molar-refractivity contribution in [1.82, 2.24) is 10.2 Å². The third-order valence-corrected chi connectivity index (χ3v) is 8.73. The second-order valence-electron chi connectivity index (χ2n) is 10.6. The first kappa shape index (κ1) is 32.3. The van der Waals surface area contributed by atoms with Crippen LogP contribution in [0.4, 0.5) is 5.69 Å². The fourth-order valence-corrected chi connectivity index (χ4v) is 6.27. The van der Waals surface area contributed by atoms with E-state index in [-0.39, 0.29) is 29.8 Å². The molecule has 1 unspecified atom stereocenters. The van der Waals surface area contributed by atoms with E-state index in [4.69, 9.17) is 4.74 Å². The lowest BCUT2D eigenvalue weighted by Crippen LogP contribution is -2.54. The van der Waals surface area contributed by atoms with Gasteiger partial charge >= 0.3 is 0 Å². The van der Waals surface area contributed by atoms with Gasteiger partial charge in [-0.2, -0.15) is 0 Å². The molecule has 230 valence electrons. The SMILES string of the molecule is CCOc1ccc(N(CC(=O)N(Cc2ccccc2)C(Cc2ccccc2)C(=O)NC(C)C)S(=O)(=O)c2ccccc2)cc1. The molecule has 0 aliphatic heterocycles. The summed E-state index contributed by atoms with van der Waals surface area (Å²) in [4.78, 5) is 29.7. The summed E-state index contributed by atoms with van der Waals surface area (Å²) < 4.78 is 34.7. The summed E-state index contributed by atoms with van der Waals surface area (Å²) in [6, 6.07) is 32.4. The predicted octanol–water partition coefficient (Wildman–Crippen LogP) is 5.45. The zero-order chi connectivity index (χ0) is 31.5. The molecule has 4 aromatic carbocycles. The number of nitrogens with zero attached hydrogens (tertiary/aromatic N) is 2. The Kier molecular flexibility index (Phi) is 11.2. The molecule has 0 heterocycles. The van der Waals surface area contributed by atoms with Crippen molar-refractivity contribution in [2.45, 2.75) is 50.7 Å². The topological polar surface area (TPSA) is 96.0 Å². The number of anilines is 1. The van der Waals surface area contributed by atoms with E-state index in [1.165, 1.54) is 17.0 Å². The van der Waals surface area contributed by atoms with E-state index >= 15 is 0 Å². The highest BCUT2D eigenvalue weighted by molar-refractivity contribution is 7.92. The van der Waals surface area contributed by atoms with Gasteiger partial charge in [0.1, 0.15) is 18.3 Å². The van der Waals surface area contributed by atoms with Crippen LogP contribution in [0.3, 0.4) is 0 Å². The zero-order valence-electron chi connectivity index (χ0n) is 25.3. The molecule has 0 fully saturated rings. The van der Waals surface area contributed by atoms with Gasteiger partial charge in [-0.15, -0.1) is 0 Å². The van der Waals surface area contributed by atoms with Crippen molar-refractivity contribution in [2.75, 3.05) is 17.5 Å². The van der Waals surface area contributed by atoms with Crippen molar-refractivity contribution in [3.8, 4) is 5.75 Å². The first-order chi connectivity index (χ1) is 21.2. The molecular weight excluding hydrogens is 574 g/mol. The van der Waals surface area contributed by atoms with Crippen LogP contribution in [0.2, 0.25) is 0 Å². The fourth-order valence-electron chi connectivity index (χ4n) is 4.84. The Labute approximate surface area is 260 Å². The Morgan fingerprint density at radius 2 is 1.32 bits per heavy atom. The molecule has 2 amide bonds. The molecule has 0 spiro atoms. The van der Waals surface area contributed by atoms with Crippen LogP contribution in [0.25, 0.3) is 0 Å². The van der Waals surface area contributed by atoms with E-state index in [0.717, 1.165) is 15.4 Å². The minimum atomic E-state index is -4.16. The minimum Gasteiger partial charge on any atom is -0.494 e. The van der Waals surface area contributed by atoms with Gasteiger partial charge in [0.15, 0.2) is 0 Å². The monoisotopic (exact) mass is 613 g/mol. The first-order valence-electron chi connectivity index (χ1n) is 14.7. The number of ether oxygens (including phenoxy) is 1. The van der Waals surface area contributed by atoms with Crippen LogP contribution in [0.5, 0.6) is 5.75 Å². The third-order valence-electron chi connectivity index (χ3n) is 6.94. The summed E-state index contributed by atoms with van der Waals surface area (Å²) in [5, 5.41) is 2.96. The Morgan fingerprint density at radius 3 is 1.86 bits per heavy atom. The summed E-state index contributed by atoms with van der Waals surface area (Å²) in [6.07, 6.45) is 0.256. The van der Waals surface area contributed by atoms with Crippen molar-refractivity contribution in [2.24, 2.45) is 0 Å². The largest absolute Gasteiger partial charge is 0.494 e. The molecule has 1 atom stereocenters. The van der Waals surface area contributed by atoms with E-state index in [1.54, 1.807) is 42.5 Å². The number of rotatable bonds is 14. The van der Waals surface area contributed by atoms with Gasteiger partial charge in [0.05, 0.1) is 17.2 Å². The van der Waals surface area contributed by atoms with E-state index in [1.807, 2.05) is 81.4 Å². The lowest BCUT2D eigenvalue weighted by atomic mass is 10.0. The molecule has 1 N–H and O–H groups in total. The van der Waals surface area contributed by atoms with Crippen LogP contribution in [0.1, 0.15) is 31.9 Å². The third kappa shape index (κ3) is 8.48. The highest BCUT2D eigenvalue weighted by Crippen LogP contribution is 2.27. The molecule has 0 aliphatic carbocycles. The van der Waals surface area contributed by atoms with E-state index in [2.05, 4.69) is 5.32 Å². The summed E-state index contributed by atoms with van der Waals surface area (Å²) in [6.45, 7) is 5.65. The molecule has 0 aliphatic rings. The normalized spacial score (nSPS) is 11.9. The van der Waals surface area contributed by atoms with Gasteiger partial charge in [0.2, 0.25) is 11.8 Å². The lowest BCUT2D eigenvalue weighted by molar-refractivity contribution is -0.140. The Morgan fingerprint density at radius 1 is 0.773 bits per heavy atom. The molecule has 0 aromatic heterocycles. The Balaban J connectivity index is 1.78. The molecular formula is C35H39N3O5S. The smallest absolute Gasteiger partial charge is 0.264 e. The molecule has 0 saturated carbocycles. The van der Waals surface area contributed by atoms with Crippen LogP contribution < -0.4 is 14.4 Å². The van der Waals surface area contributed by atoms with Crippen LogP contribution in [-0.2, 0) is 32.6 Å². The van der Waals surface area contributed by atoms with Crippen molar-refractivity contribution >= 4 is 27.5 Å². The van der Waals surface area contributed by atoms with Gasteiger partial charge in [-0.25, -0.2) is 8.42 Å². The number of hydrogen-bond acceptors (Lipinski definition) is 5. The van der Waals surface area contributed by atoms with Crippen LogP contribution in [-0.4, -0.2) is 50.4 Å². The van der Waals surface area contributed by atoms with Gasteiger partial charge in [-0.3, -0.25) is 13.9 Å². The van der Waals surface area contributed by atoms with Gasteiger partial charge in [0, 0.05) is 19.0 Å². The highest BCUT2D eigenvalue weighted by atomic mass is 32.2. The van der Waals surface area contributed by atoms with Crippen molar-refractivity contribution in [3.05, 3.63) is 126 Å². The van der Waals surface area contributed by atoms with Crippen LogP contribution in [0.15, 0.2) is 120 Å². The summed E-state index contributed by atoms with van der Waals surface area (Å²) in [5.41, 5.74) is 1.99. The average Bonchev–Trinajstić information content (AvgIpc) is 3.03. The molecule has 0 bridgehead atoms. The fraction of sp³-hybridized carbons (Fsp3) is 0.257. The number of sulfonamides is 1. The number of amides is 2. The molecule has 8 nitrogen and oxygen atoms in total. The van der Waals surface area contributed by atoms with Gasteiger partial charge < -0.3 is 15.0 Å². The van der Waals surface area contributed by atoms with Crippen LogP contribution >= 0.6 is 0 Å². The van der Waals surface area contributed by atoms with Gasteiger partial charge in [-0.05, 0) is 68.3 Å². The Bertz CT molecular complexity index is 1600. The summed E-state index contributed by atoms with van der Waals surface area (Å²) in [5.74, 6) is -0.243. The molecule has 0 saturated heterocycles. The number of benzene rings is 4. The quantitative estimate of drug-likeness (QED) is 0.204. The first-order valence-corrected chi connectivity index (χ1v) is 16.1. The maximum absolute atomic E-state index is 14.4. The molecule has 4 rings (SSSR count). The van der Waals surface area contributed by atoms with Crippen molar-refractivity contribution in [3.63, 3.8) is 0 Å². The van der Waals surface area contributed by atoms with Crippen molar-refractivity contribution in [1.29, 1.82) is 0 Å². The number of carbonyl (C=O) groups is 2.